The Kier molecular flexibility index (Phi) is 5.65. The first-order valence-electron chi connectivity index (χ1n) is 11.3. The van der Waals surface area contributed by atoms with Crippen LogP contribution in [0.1, 0.15) is 46.6 Å². The Morgan fingerprint density at radius 3 is 2.36 bits per heavy atom. The van der Waals surface area contributed by atoms with Gasteiger partial charge < -0.3 is 19.0 Å². The van der Waals surface area contributed by atoms with E-state index < -0.39 is 17.6 Å². The molecule has 0 saturated carbocycles. The molecule has 174 valence electrons. The van der Waals surface area contributed by atoms with Gasteiger partial charge in [-0.3, -0.25) is 19.3 Å². The van der Waals surface area contributed by atoms with Crippen LogP contribution in [0.15, 0.2) is 47.1 Å². The number of carbonyl (C=O) groups excluding carboxylic acids is 3. The van der Waals surface area contributed by atoms with E-state index in [0.29, 0.717) is 39.0 Å². The predicted molar refractivity (Wildman–Crippen MR) is 115 cm³/mol. The van der Waals surface area contributed by atoms with Crippen LogP contribution in [0.2, 0.25) is 0 Å². The molecule has 3 aliphatic heterocycles. The second-order valence-electron chi connectivity index (χ2n) is 8.76. The highest BCUT2D eigenvalue weighted by Crippen LogP contribution is 2.39. The van der Waals surface area contributed by atoms with Crippen molar-refractivity contribution in [2.24, 2.45) is 0 Å². The van der Waals surface area contributed by atoms with Crippen LogP contribution in [0.3, 0.4) is 0 Å². The third-order valence-electron chi connectivity index (χ3n) is 6.82. The highest BCUT2D eigenvalue weighted by Gasteiger charge is 2.55. The lowest BCUT2D eigenvalue weighted by atomic mass is 9.96. The highest BCUT2D eigenvalue weighted by atomic mass is 19.1. The molecule has 1 spiro atoms. The zero-order valence-corrected chi connectivity index (χ0v) is 18.2. The largest absolute Gasteiger partial charge is 0.459 e. The maximum Gasteiger partial charge on any atom is 0.292 e. The van der Waals surface area contributed by atoms with E-state index in [0.717, 1.165) is 12.8 Å². The smallest absolute Gasteiger partial charge is 0.292 e. The minimum absolute atomic E-state index is 0.109. The van der Waals surface area contributed by atoms with Crippen LogP contribution in [0, 0.1) is 5.82 Å². The number of amides is 3. The number of nitrogens with zero attached hydrogens (tertiary/aromatic N) is 3. The van der Waals surface area contributed by atoms with Crippen LogP contribution in [0.5, 0.6) is 0 Å². The molecule has 1 aromatic heterocycles. The maximum absolute atomic E-state index is 13.6. The third kappa shape index (κ3) is 3.90. The van der Waals surface area contributed by atoms with Gasteiger partial charge in [-0.25, -0.2) is 4.39 Å². The Hall–Kier alpha value is -3.20. The topological polar surface area (TPSA) is 83.3 Å². The van der Waals surface area contributed by atoms with Gasteiger partial charge in [0.15, 0.2) is 5.76 Å². The Labute approximate surface area is 190 Å². The summed E-state index contributed by atoms with van der Waals surface area (Å²) in [5, 5.41) is 0. The second kappa shape index (κ2) is 8.62. The lowest BCUT2D eigenvalue weighted by Gasteiger charge is -2.44. The van der Waals surface area contributed by atoms with Gasteiger partial charge in [-0.1, -0.05) is 6.07 Å². The SMILES string of the molecule is O=C(c1cccc(F)c1)N1CCC2(CC1)OC[C@@H](C(=O)N1CCCC1)N2C(=O)c1ccco1. The summed E-state index contributed by atoms with van der Waals surface area (Å²) < 4.78 is 25.1. The molecule has 1 aromatic carbocycles. The van der Waals surface area contributed by atoms with Crippen molar-refractivity contribution in [1.82, 2.24) is 14.7 Å². The number of piperidine rings is 1. The number of hydrogen-bond donors (Lipinski definition) is 0. The fourth-order valence-electron chi connectivity index (χ4n) is 5.09. The lowest BCUT2D eigenvalue weighted by Crippen LogP contribution is -2.60. The van der Waals surface area contributed by atoms with E-state index in [1.807, 2.05) is 0 Å². The molecule has 0 N–H and O–H groups in total. The fourth-order valence-corrected chi connectivity index (χ4v) is 5.09. The Morgan fingerprint density at radius 1 is 0.939 bits per heavy atom. The summed E-state index contributed by atoms with van der Waals surface area (Å²) in [7, 11) is 0. The Morgan fingerprint density at radius 2 is 1.70 bits per heavy atom. The van der Waals surface area contributed by atoms with Crippen LogP contribution in [-0.2, 0) is 9.53 Å². The van der Waals surface area contributed by atoms with Crippen LogP contribution < -0.4 is 0 Å². The number of rotatable bonds is 3. The first kappa shape index (κ1) is 21.6. The summed E-state index contributed by atoms with van der Waals surface area (Å²) in [5.74, 6) is -1.08. The van der Waals surface area contributed by atoms with Crippen molar-refractivity contribution in [3.63, 3.8) is 0 Å². The minimum atomic E-state index is -0.997. The summed E-state index contributed by atoms with van der Waals surface area (Å²) in [6.45, 7) is 2.12. The quantitative estimate of drug-likeness (QED) is 0.710. The van der Waals surface area contributed by atoms with Gasteiger partial charge in [0.2, 0.25) is 5.91 Å². The zero-order chi connectivity index (χ0) is 23.0. The molecule has 0 bridgehead atoms. The van der Waals surface area contributed by atoms with Crippen molar-refractivity contribution >= 4 is 17.7 Å². The first-order chi connectivity index (χ1) is 16.0. The summed E-state index contributed by atoms with van der Waals surface area (Å²) >= 11 is 0. The monoisotopic (exact) mass is 455 g/mol. The van der Waals surface area contributed by atoms with E-state index in [9.17, 15) is 18.8 Å². The van der Waals surface area contributed by atoms with Crippen molar-refractivity contribution < 1.29 is 27.9 Å². The van der Waals surface area contributed by atoms with Crippen molar-refractivity contribution in [1.29, 1.82) is 0 Å². The van der Waals surface area contributed by atoms with Gasteiger partial charge in [-0.05, 0) is 43.2 Å². The molecule has 2 aromatic rings. The number of likely N-dealkylation sites (tertiary alicyclic amines) is 2. The zero-order valence-electron chi connectivity index (χ0n) is 18.2. The molecule has 3 aliphatic rings. The number of halogens is 1. The maximum atomic E-state index is 13.6. The molecular formula is C24H26FN3O5. The van der Waals surface area contributed by atoms with Crippen LogP contribution in [0.4, 0.5) is 4.39 Å². The number of carbonyl (C=O) groups is 3. The highest BCUT2D eigenvalue weighted by molar-refractivity contribution is 5.97. The molecular weight excluding hydrogens is 429 g/mol. The third-order valence-corrected chi connectivity index (χ3v) is 6.82. The summed E-state index contributed by atoms with van der Waals surface area (Å²) in [5.41, 5.74) is -0.716. The van der Waals surface area contributed by atoms with E-state index in [4.69, 9.17) is 9.15 Å². The van der Waals surface area contributed by atoms with E-state index in [-0.39, 0.29) is 35.7 Å². The number of furan rings is 1. The second-order valence-corrected chi connectivity index (χ2v) is 8.76. The Balaban J connectivity index is 1.37. The van der Waals surface area contributed by atoms with Gasteiger partial charge in [0.05, 0.1) is 12.9 Å². The van der Waals surface area contributed by atoms with Crippen LogP contribution in [0.25, 0.3) is 0 Å². The van der Waals surface area contributed by atoms with Gasteiger partial charge in [0.1, 0.15) is 17.6 Å². The van der Waals surface area contributed by atoms with Crippen LogP contribution in [-0.4, -0.2) is 77.0 Å². The van der Waals surface area contributed by atoms with Crippen molar-refractivity contribution in [2.75, 3.05) is 32.8 Å². The van der Waals surface area contributed by atoms with Crippen molar-refractivity contribution in [2.45, 2.75) is 37.5 Å². The molecule has 3 saturated heterocycles. The summed E-state index contributed by atoms with van der Waals surface area (Å²) in [4.78, 5) is 44.5. The average molecular weight is 455 g/mol. The average Bonchev–Trinajstić information content (AvgIpc) is 3.60. The molecule has 0 unspecified atom stereocenters. The Bertz CT molecular complexity index is 1040. The van der Waals surface area contributed by atoms with Gasteiger partial charge >= 0.3 is 0 Å². The first-order valence-corrected chi connectivity index (χ1v) is 11.3. The standard InChI is InChI=1S/C24H26FN3O5/c25-18-6-3-5-17(15-18)21(29)27-12-8-24(9-13-27)28(23(31)20-7-4-14-32-20)19(16-33-24)22(30)26-10-1-2-11-26/h3-7,14-15,19H,1-2,8-13,16H2/t19-/m0/s1. The van der Waals surface area contributed by atoms with E-state index >= 15 is 0 Å². The molecule has 1 atom stereocenters. The van der Waals surface area contributed by atoms with Gasteiger partial charge in [-0.15, -0.1) is 0 Å². The van der Waals surface area contributed by atoms with Gasteiger partial charge in [0.25, 0.3) is 11.8 Å². The molecule has 0 radical (unpaired) electrons. The summed E-state index contributed by atoms with van der Waals surface area (Å²) in [6, 6.07) is 8.08. The molecule has 5 rings (SSSR count). The lowest BCUT2D eigenvalue weighted by molar-refractivity contribution is -0.136. The van der Waals surface area contributed by atoms with Gasteiger partial charge in [0, 0.05) is 44.6 Å². The number of ether oxygens (including phenoxy) is 1. The van der Waals surface area contributed by atoms with E-state index in [1.165, 1.54) is 29.4 Å². The molecule has 3 amide bonds. The van der Waals surface area contributed by atoms with E-state index in [2.05, 4.69) is 0 Å². The molecule has 0 aliphatic carbocycles. The number of benzene rings is 1. The normalized spacial score (nSPS) is 22.2. The molecule has 33 heavy (non-hydrogen) atoms. The van der Waals surface area contributed by atoms with E-state index in [1.54, 1.807) is 28.0 Å². The van der Waals surface area contributed by atoms with Crippen molar-refractivity contribution in [3.05, 3.63) is 59.8 Å². The predicted octanol–water partition coefficient (Wildman–Crippen LogP) is 2.51. The molecule has 8 nitrogen and oxygen atoms in total. The van der Waals surface area contributed by atoms with Crippen molar-refractivity contribution in [3.8, 4) is 0 Å². The van der Waals surface area contributed by atoms with Crippen LogP contribution >= 0.6 is 0 Å². The molecule has 9 heteroatoms. The minimum Gasteiger partial charge on any atom is -0.459 e. The summed E-state index contributed by atoms with van der Waals surface area (Å²) in [6.07, 6.45) is 4.03. The fraction of sp³-hybridized carbons (Fsp3) is 0.458. The number of hydrogen-bond acceptors (Lipinski definition) is 5. The van der Waals surface area contributed by atoms with Gasteiger partial charge in [-0.2, -0.15) is 0 Å². The molecule has 3 fully saturated rings. The molecule has 4 heterocycles.